The zero-order chi connectivity index (χ0) is 15.0. The molecule has 0 aliphatic heterocycles. The summed E-state index contributed by atoms with van der Waals surface area (Å²) in [4.78, 5) is 2.26. The van der Waals surface area contributed by atoms with Gasteiger partial charge in [-0.3, -0.25) is 0 Å². The molecule has 0 heterocycles. The Hall–Kier alpha value is -1.02. The van der Waals surface area contributed by atoms with E-state index in [2.05, 4.69) is 49.3 Å². The first-order valence-corrected chi connectivity index (χ1v) is 8.00. The summed E-state index contributed by atoms with van der Waals surface area (Å²) in [5.41, 5.74) is 4.17. The highest BCUT2D eigenvalue weighted by molar-refractivity contribution is 6.42. The Labute approximate surface area is 136 Å². The molecular formula is C18H19Cl2N. The van der Waals surface area contributed by atoms with Crippen molar-refractivity contribution in [2.45, 2.75) is 18.3 Å². The summed E-state index contributed by atoms with van der Waals surface area (Å²) in [6.07, 6.45) is 1.13. The number of benzene rings is 2. The summed E-state index contributed by atoms with van der Waals surface area (Å²) in [6, 6.07) is 14.8. The third-order valence-corrected chi connectivity index (χ3v) is 5.00. The monoisotopic (exact) mass is 319 g/mol. The van der Waals surface area contributed by atoms with Crippen LogP contribution in [0.15, 0.2) is 42.5 Å². The van der Waals surface area contributed by atoms with Crippen molar-refractivity contribution in [3.63, 3.8) is 0 Å². The molecule has 0 bridgehead atoms. The molecule has 0 saturated carbocycles. The second-order valence-electron chi connectivity index (χ2n) is 6.05. The smallest absolute Gasteiger partial charge is 0.0595 e. The maximum absolute atomic E-state index is 6.20. The van der Waals surface area contributed by atoms with Crippen LogP contribution in [0.25, 0.3) is 0 Å². The van der Waals surface area contributed by atoms with E-state index in [4.69, 9.17) is 23.2 Å². The molecule has 3 rings (SSSR count). The predicted octanol–water partition coefficient (Wildman–Crippen LogP) is 5.17. The molecule has 21 heavy (non-hydrogen) atoms. The van der Waals surface area contributed by atoms with Gasteiger partial charge in [0.15, 0.2) is 0 Å². The number of halogens is 2. The maximum atomic E-state index is 6.20. The molecule has 0 N–H and O–H groups in total. The van der Waals surface area contributed by atoms with Crippen molar-refractivity contribution in [2.24, 2.45) is 0 Å². The van der Waals surface area contributed by atoms with Crippen molar-refractivity contribution < 1.29 is 0 Å². The first kappa shape index (κ1) is 14.9. The third-order valence-electron chi connectivity index (χ3n) is 4.26. The van der Waals surface area contributed by atoms with Crippen LogP contribution in [0.4, 0.5) is 0 Å². The van der Waals surface area contributed by atoms with Crippen molar-refractivity contribution >= 4 is 23.2 Å². The Kier molecular flexibility index (Phi) is 4.26. The molecule has 0 saturated heterocycles. The van der Waals surface area contributed by atoms with Gasteiger partial charge < -0.3 is 4.90 Å². The molecule has 2 atom stereocenters. The topological polar surface area (TPSA) is 3.24 Å². The molecular weight excluding hydrogens is 301 g/mol. The Morgan fingerprint density at radius 1 is 1.00 bits per heavy atom. The molecule has 0 amide bonds. The number of hydrogen-bond donors (Lipinski definition) is 0. The minimum atomic E-state index is 0.418. The Balaban J connectivity index is 1.99. The lowest BCUT2D eigenvalue weighted by molar-refractivity contribution is 0.368. The Bertz CT molecular complexity index is 651. The van der Waals surface area contributed by atoms with Gasteiger partial charge in [0.1, 0.15) is 0 Å². The lowest BCUT2D eigenvalue weighted by Gasteiger charge is -2.17. The lowest BCUT2D eigenvalue weighted by Crippen LogP contribution is -2.19. The molecule has 0 unspecified atom stereocenters. The van der Waals surface area contributed by atoms with Gasteiger partial charge in [0.2, 0.25) is 0 Å². The van der Waals surface area contributed by atoms with Crippen molar-refractivity contribution in [3.8, 4) is 0 Å². The van der Waals surface area contributed by atoms with E-state index in [9.17, 15) is 0 Å². The molecule has 1 aliphatic carbocycles. The van der Waals surface area contributed by atoms with Gasteiger partial charge in [-0.2, -0.15) is 0 Å². The molecule has 1 aliphatic rings. The zero-order valence-electron chi connectivity index (χ0n) is 12.3. The van der Waals surface area contributed by atoms with E-state index in [-0.39, 0.29) is 0 Å². The highest BCUT2D eigenvalue weighted by atomic mass is 35.5. The summed E-state index contributed by atoms with van der Waals surface area (Å²) in [6.45, 7) is 1.08. The van der Waals surface area contributed by atoms with Gasteiger partial charge in [-0.05, 0) is 55.3 Å². The molecule has 3 heteroatoms. The standard InChI is InChI=1S/C18H19Cl2N/c1-21(2)11-13-9-16(15-6-4-3-5-14(13)15)12-7-8-17(19)18(20)10-12/h3-8,10,13,16H,9,11H2,1-2H3/t13-,16+/m1/s1. The van der Waals surface area contributed by atoms with Crippen LogP contribution in [0.5, 0.6) is 0 Å². The lowest BCUT2D eigenvalue weighted by atomic mass is 9.92. The van der Waals surface area contributed by atoms with Crippen LogP contribution in [0.2, 0.25) is 10.0 Å². The fraction of sp³-hybridized carbons (Fsp3) is 0.333. The fourth-order valence-corrected chi connectivity index (χ4v) is 3.70. The summed E-state index contributed by atoms with van der Waals surface area (Å²) in [7, 11) is 4.27. The van der Waals surface area contributed by atoms with E-state index in [1.165, 1.54) is 16.7 Å². The van der Waals surface area contributed by atoms with Gasteiger partial charge in [-0.1, -0.05) is 53.5 Å². The van der Waals surface area contributed by atoms with E-state index in [0.717, 1.165) is 13.0 Å². The van der Waals surface area contributed by atoms with Gasteiger partial charge in [0.05, 0.1) is 10.0 Å². The fourth-order valence-electron chi connectivity index (χ4n) is 3.40. The van der Waals surface area contributed by atoms with Crippen molar-refractivity contribution in [3.05, 3.63) is 69.2 Å². The predicted molar refractivity (Wildman–Crippen MR) is 90.7 cm³/mol. The third kappa shape index (κ3) is 2.96. The molecule has 0 aromatic heterocycles. The van der Waals surface area contributed by atoms with Crippen LogP contribution in [0.1, 0.15) is 34.9 Å². The number of rotatable bonds is 3. The van der Waals surface area contributed by atoms with E-state index in [1.807, 2.05) is 12.1 Å². The first-order valence-electron chi connectivity index (χ1n) is 7.24. The second kappa shape index (κ2) is 6.00. The molecule has 0 radical (unpaired) electrons. The zero-order valence-corrected chi connectivity index (χ0v) is 13.8. The molecule has 0 fully saturated rings. The van der Waals surface area contributed by atoms with Gasteiger partial charge in [0, 0.05) is 12.5 Å². The van der Waals surface area contributed by atoms with Gasteiger partial charge >= 0.3 is 0 Å². The highest BCUT2D eigenvalue weighted by Crippen LogP contribution is 2.46. The van der Waals surface area contributed by atoms with E-state index < -0.39 is 0 Å². The minimum Gasteiger partial charge on any atom is -0.309 e. The molecule has 2 aromatic carbocycles. The van der Waals surface area contributed by atoms with Crippen molar-refractivity contribution in [1.29, 1.82) is 0 Å². The van der Waals surface area contributed by atoms with E-state index in [0.29, 0.717) is 21.9 Å². The van der Waals surface area contributed by atoms with Crippen LogP contribution < -0.4 is 0 Å². The summed E-state index contributed by atoms with van der Waals surface area (Å²) in [5.74, 6) is 0.997. The molecule has 2 aromatic rings. The van der Waals surface area contributed by atoms with Crippen LogP contribution in [0.3, 0.4) is 0 Å². The summed E-state index contributed by atoms with van der Waals surface area (Å²) >= 11 is 12.2. The maximum Gasteiger partial charge on any atom is 0.0595 e. The van der Waals surface area contributed by atoms with Crippen molar-refractivity contribution in [2.75, 3.05) is 20.6 Å². The van der Waals surface area contributed by atoms with Crippen molar-refractivity contribution in [1.82, 2.24) is 4.90 Å². The van der Waals surface area contributed by atoms with Crippen LogP contribution in [-0.2, 0) is 0 Å². The van der Waals surface area contributed by atoms with Gasteiger partial charge in [-0.25, -0.2) is 0 Å². The average Bonchev–Trinajstić information content (AvgIpc) is 2.80. The highest BCUT2D eigenvalue weighted by Gasteiger charge is 2.31. The SMILES string of the molecule is CN(C)C[C@H]1C[C@@H](c2ccc(Cl)c(Cl)c2)c2ccccc21. The van der Waals surface area contributed by atoms with E-state index in [1.54, 1.807) is 0 Å². The second-order valence-corrected chi connectivity index (χ2v) is 6.86. The van der Waals surface area contributed by atoms with Crippen LogP contribution in [0, 0.1) is 0 Å². The number of hydrogen-bond acceptors (Lipinski definition) is 1. The Morgan fingerprint density at radius 3 is 2.38 bits per heavy atom. The molecule has 110 valence electrons. The van der Waals surface area contributed by atoms with E-state index >= 15 is 0 Å². The quantitative estimate of drug-likeness (QED) is 0.754. The minimum absolute atomic E-state index is 0.418. The number of fused-ring (bicyclic) bond motifs is 1. The van der Waals surface area contributed by atoms with Crippen LogP contribution >= 0.6 is 23.2 Å². The van der Waals surface area contributed by atoms with Gasteiger partial charge in [0.25, 0.3) is 0 Å². The van der Waals surface area contributed by atoms with Crippen LogP contribution in [-0.4, -0.2) is 25.5 Å². The first-order chi connectivity index (χ1) is 10.1. The normalized spacial score (nSPS) is 20.8. The molecule has 0 spiro atoms. The largest absolute Gasteiger partial charge is 0.309 e. The number of likely N-dealkylation sites (N-methyl/N-ethyl adjacent to an activating group) is 1. The molecule has 1 nitrogen and oxygen atoms in total. The van der Waals surface area contributed by atoms with Gasteiger partial charge in [-0.15, -0.1) is 0 Å². The summed E-state index contributed by atoms with van der Waals surface area (Å²) < 4.78 is 0. The summed E-state index contributed by atoms with van der Waals surface area (Å²) in [5, 5.41) is 1.26. The number of nitrogens with zero attached hydrogens (tertiary/aromatic N) is 1. The Morgan fingerprint density at radius 2 is 1.71 bits per heavy atom. The average molecular weight is 320 g/mol.